The summed E-state index contributed by atoms with van der Waals surface area (Å²) in [4.78, 5) is 14.7. The van der Waals surface area contributed by atoms with Crippen molar-refractivity contribution in [3.05, 3.63) is 53.9 Å². The van der Waals surface area contributed by atoms with Crippen LogP contribution in [0.4, 0.5) is 13.2 Å². The number of hydrogen-bond donors (Lipinski definition) is 0. The zero-order valence-corrected chi connectivity index (χ0v) is 20.0. The third-order valence-corrected chi connectivity index (χ3v) is 8.63. The highest BCUT2D eigenvalue weighted by Crippen LogP contribution is 2.34. The SMILES string of the molecule is Cn1cccc1CN(C(=O)CN(C1CCCCC1)S(=O)(=O)c1cccc(C(F)(F)F)c1)C1CC1. The van der Waals surface area contributed by atoms with Gasteiger partial charge in [0.1, 0.15) is 0 Å². The lowest BCUT2D eigenvalue weighted by Crippen LogP contribution is -2.48. The van der Waals surface area contributed by atoms with Gasteiger partial charge in [0, 0.05) is 31.0 Å². The van der Waals surface area contributed by atoms with Crippen molar-refractivity contribution in [2.24, 2.45) is 7.05 Å². The fraction of sp³-hybridized carbons (Fsp3) is 0.542. The van der Waals surface area contributed by atoms with Crippen LogP contribution in [0.3, 0.4) is 0 Å². The molecule has 2 aliphatic rings. The second-order valence-corrected chi connectivity index (χ2v) is 11.1. The van der Waals surface area contributed by atoms with Crippen molar-refractivity contribution in [3.8, 4) is 0 Å². The van der Waals surface area contributed by atoms with Crippen LogP contribution in [-0.2, 0) is 34.6 Å². The molecular formula is C24H30F3N3O3S. The molecule has 0 atom stereocenters. The van der Waals surface area contributed by atoms with Crippen LogP contribution in [0.15, 0.2) is 47.5 Å². The zero-order chi connectivity index (χ0) is 24.5. The third kappa shape index (κ3) is 5.49. The van der Waals surface area contributed by atoms with E-state index in [1.165, 1.54) is 6.07 Å². The van der Waals surface area contributed by atoms with E-state index in [1.54, 1.807) is 4.90 Å². The van der Waals surface area contributed by atoms with Crippen LogP contribution < -0.4 is 0 Å². The molecule has 0 saturated heterocycles. The summed E-state index contributed by atoms with van der Waals surface area (Å²) in [5.41, 5.74) is -0.0861. The number of rotatable bonds is 8. The van der Waals surface area contributed by atoms with Crippen molar-refractivity contribution in [2.75, 3.05) is 6.54 Å². The highest BCUT2D eigenvalue weighted by molar-refractivity contribution is 7.89. The number of carbonyl (C=O) groups excluding carboxylic acids is 1. The van der Waals surface area contributed by atoms with Gasteiger partial charge in [-0.05, 0) is 56.0 Å². The van der Waals surface area contributed by atoms with Gasteiger partial charge in [-0.25, -0.2) is 8.42 Å². The lowest BCUT2D eigenvalue weighted by atomic mass is 9.95. The van der Waals surface area contributed by atoms with E-state index in [4.69, 9.17) is 0 Å². The Balaban J connectivity index is 1.63. The first kappa shape index (κ1) is 24.8. The summed E-state index contributed by atoms with van der Waals surface area (Å²) < 4.78 is 70.1. The van der Waals surface area contributed by atoms with Gasteiger partial charge < -0.3 is 9.47 Å². The summed E-state index contributed by atoms with van der Waals surface area (Å²) in [6.07, 6.45) is 2.75. The van der Waals surface area contributed by atoms with Crippen LogP contribution in [0.2, 0.25) is 0 Å². The van der Waals surface area contributed by atoms with Crippen molar-refractivity contribution in [1.82, 2.24) is 13.8 Å². The molecule has 0 aliphatic heterocycles. The van der Waals surface area contributed by atoms with Gasteiger partial charge in [-0.15, -0.1) is 0 Å². The minimum atomic E-state index is -4.66. The Morgan fingerprint density at radius 3 is 2.32 bits per heavy atom. The lowest BCUT2D eigenvalue weighted by Gasteiger charge is -2.34. The Kier molecular flexibility index (Phi) is 7.09. The van der Waals surface area contributed by atoms with E-state index in [0.29, 0.717) is 25.5 Å². The predicted molar refractivity (Wildman–Crippen MR) is 121 cm³/mol. The van der Waals surface area contributed by atoms with Gasteiger partial charge in [0.25, 0.3) is 0 Å². The molecule has 0 unspecified atom stereocenters. The summed E-state index contributed by atoms with van der Waals surface area (Å²) in [5.74, 6) is -0.315. The number of carbonyl (C=O) groups is 1. The van der Waals surface area contributed by atoms with E-state index < -0.39 is 32.7 Å². The van der Waals surface area contributed by atoms with Crippen molar-refractivity contribution in [3.63, 3.8) is 0 Å². The molecule has 1 aromatic carbocycles. The Labute approximate surface area is 198 Å². The molecule has 2 aromatic rings. The molecule has 2 aliphatic carbocycles. The van der Waals surface area contributed by atoms with E-state index in [-0.39, 0.29) is 18.5 Å². The Hall–Kier alpha value is -2.33. The molecule has 0 radical (unpaired) electrons. The van der Waals surface area contributed by atoms with Gasteiger partial charge in [-0.2, -0.15) is 17.5 Å². The largest absolute Gasteiger partial charge is 0.416 e. The van der Waals surface area contributed by atoms with E-state index in [0.717, 1.165) is 54.2 Å². The summed E-state index contributed by atoms with van der Waals surface area (Å²) in [6.45, 7) is -0.000713. The molecule has 6 nitrogen and oxygen atoms in total. The van der Waals surface area contributed by atoms with Crippen LogP contribution in [0.5, 0.6) is 0 Å². The predicted octanol–water partition coefficient (Wildman–Crippen LogP) is 4.56. The standard InChI is InChI=1S/C24H30F3N3O3S/c1-28-14-6-10-21(28)16-29(19-12-13-19)23(31)17-30(20-8-3-2-4-9-20)34(32,33)22-11-5-7-18(15-22)24(25,26)27/h5-7,10-11,14-15,19-20H,2-4,8-9,12-13,16-17H2,1H3. The van der Waals surface area contributed by atoms with E-state index in [1.807, 2.05) is 29.9 Å². The topological polar surface area (TPSA) is 62.6 Å². The Bertz CT molecular complexity index is 1120. The van der Waals surface area contributed by atoms with Crippen molar-refractivity contribution in [1.29, 1.82) is 0 Å². The monoisotopic (exact) mass is 497 g/mol. The summed E-state index contributed by atoms with van der Waals surface area (Å²) in [7, 11) is -2.42. The van der Waals surface area contributed by atoms with E-state index in [9.17, 15) is 26.4 Å². The van der Waals surface area contributed by atoms with Crippen LogP contribution in [0, 0.1) is 0 Å². The molecule has 10 heteroatoms. The van der Waals surface area contributed by atoms with Gasteiger partial charge in [0.05, 0.1) is 23.5 Å². The highest BCUT2D eigenvalue weighted by atomic mass is 32.2. The second kappa shape index (κ2) is 9.73. The van der Waals surface area contributed by atoms with Gasteiger partial charge in [0.2, 0.25) is 15.9 Å². The van der Waals surface area contributed by atoms with Crippen molar-refractivity contribution >= 4 is 15.9 Å². The molecule has 2 saturated carbocycles. The minimum absolute atomic E-state index is 0.0619. The average molecular weight is 498 g/mol. The number of amides is 1. The number of aromatic nitrogens is 1. The molecule has 186 valence electrons. The molecule has 34 heavy (non-hydrogen) atoms. The zero-order valence-electron chi connectivity index (χ0n) is 19.2. The molecule has 4 rings (SSSR count). The third-order valence-electron chi connectivity index (χ3n) is 6.73. The minimum Gasteiger partial charge on any atom is -0.353 e. The molecule has 1 amide bonds. The molecule has 1 heterocycles. The maximum Gasteiger partial charge on any atom is 0.416 e. The number of hydrogen-bond acceptors (Lipinski definition) is 3. The number of nitrogens with zero attached hydrogens (tertiary/aromatic N) is 3. The first-order valence-corrected chi connectivity index (χ1v) is 13.1. The Morgan fingerprint density at radius 2 is 1.74 bits per heavy atom. The highest BCUT2D eigenvalue weighted by Gasteiger charge is 2.39. The first-order chi connectivity index (χ1) is 16.1. The van der Waals surface area contributed by atoms with E-state index in [2.05, 4.69) is 0 Å². The summed E-state index contributed by atoms with van der Waals surface area (Å²) in [6, 6.07) is 7.25. The fourth-order valence-electron chi connectivity index (χ4n) is 4.61. The smallest absolute Gasteiger partial charge is 0.353 e. The fourth-order valence-corrected chi connectivity index (χ4v) is 6.30. The van der Waals surface area contributed by atoms with Gasteiger partial charge >= 0.3 is 6.18 Å². The number of sulfonamides is 1. The molecular weight excluding hydrogens is 467 g/mol. The van der Waals surface area contributed by atoms with Gasteiger partial charge in [-0.1, -0.05) is 25.3 Å². The van der Waals surface area contributed by atoms with Crippen LogP contribution >= 0.6 is 0 Å². The summed E-state index contributed by atoms with van der Waals surface area (Å²) in [5, 5.41) is 0. The average Bonchev–Trinajstić information content (AvgIpc) is 3.57. The van der Waals surface area contributed by atoms with Crippen LogP contribution in [-0.4, -0.2) is 46.7 Å². The maximum absolute atomic E-state index is 13.6. The van der Waals surface area contributed by atoms with Gasteiger partial charge in [0.15, 0.2) is 0 Å². The van der Waals surface area contributed by atoms with Crippen LogP contribution in [0.1, 0.15) is 56.2 Å². The van der Waals surface area contributed by atoms with Gasteiger partial charge in [-0.3, -0.25) is 4.79 Å². The molecule has 2 fully saturated rings. The van der Waals surface area contributed by atoms with Crippen molar-refractivity contribution < 1.29 is 26.4 Å². The van der Waals surface area contributed by atoms with E-state index >= 15 is 0 Å². The number of benzene rings is 1. The molecule has 1 aromatic heterocycles. The maximum atomic E-state index is 13.6. The molecule has 0 spiro atoms. The first-order valence-electron chi connectivity index (χ1n) is 11.7. The number of alkyl halides is 3. The normalized spacial score (nSPS) is 17.8. The second-order valence-electron chi connectivity index (χ2n) is 9.23. The van der Waals surface area contributed by atoms with Crippen molar-refractivity contribution in [2.45, 2.75) is 74.6 Å². The number of halogens is 3. The number of aryl methyl sites for hydroxylation is 1. The molecule has 0 bridgehead atoms. The quantitative estimate of drug-likeness (QED) is 0.537. The summed E-state index contributed by atoms with van der Waals surface area (Å²) >= 11 is 0. The lowest BCUT2D eigenvalue weighted by molar-refractivity contribution is -0.137. The Morgan fingerprint density at radius 1 is 1.03 bits per heavy atom. The molecule has 0 N–H and O–H groups in total. The van der Waals surface area contributed by atoms with Crippen LogP contribution in [0.25, 0.3) is 0 Å².